The fraction of sp³-hybridized carbons (Fsp3) is 0.909. The molecule has 0 bridgehead atoms. The lowest BCUT2D eigenvalue weighted by Crippen LogP contribution is -2.47. The summed E-state index contributed by atoms with van der Waals surface area (Å²) in [6.07, 6.45) is -0.136. The topological polar surface area (TPSA) is 48.1 Å². The van der Waals surface area contributed by atoms with E-state index in [4.69, 9.17) is 13.9 Å². The molecule has 0 aromatic heterocycles. The van der Waals surface area contributed by atoms with Crippen LogP contribution in [0.15, 0.2) is 0 Å². The van der Waals surface area contributed by atoms with Gasteiger partial charge in [0.15, 0.2) is 8.32 Å². The van der Waals surface area contributed by atoms with Crippen LogP contribution >= 0.6 is 0 Å². The van der Waals surface area contributed by atoms with E-state index in [9.17, 15) is 4.79 Å². The molecule has 0 spiro atoms. The highest BCUT2D eigenvalue weighted by atomic mass is 28.4. The van der Waals surface area contributed by atoms with Crippen LogP contribution in [0, 0.1) is 0 Å². The van der Waals surface area contributed by atoms with Crippen LogP contribution in [0.4, 0.5) is 0 Å². The molecule has 2 aliphatic rings. The molecular weight excluding hydrogens is 224 g/mol. The van der Waals surface area contributed by atoms with Crippen LogP contribution in [0.25, 0.3) is 0 Å². The molecule has 0 unspecified atom stereocenters. The van der Waals surface area contributed by atoms with Crippen LogP contribution in [-0.4, -0.2) is 32.8 Å². The first-order valence-corrected chi connectivity index (χ1v) is 8.64. The van der Waals surface area contributed by atoms with Crippen molar-refractivity contribution in [2.75, 3.05) is 0 Å². The monoisotopic (exact) mass is 244 g/mol. The molecule has 2 rings (SSSR count). The molecule has 2 aliphatic heterocycles. The van der Waals surface area contributed by atoms with Gasteiger partial charge in [-0.1, -0.05) is 20.8 Å². The maximum Gasteiger partial charge on any atom is 0.310 e. The second-order valence-electron chi connectivity index (χ2n) is 6.08. The average molecular weight is 244 g/mol. The predicted molar refractivity (Wildman–Crippen MR) is 61.4 cm³/mol. The van der Waals surface area contributed by atoms with Crippen LogP contribution in [0.3, 0.4) is 0 Å². The van der Waals surface area contributed by atoms with Gasteiger partial charge in [-0.15, -0.1) is 0 Å². The van der Waals surface area contributed by atoms with Crippen molar-refractivity contribution in [3.8, 4) is 0 Å². The predicted octanol–water partition coefficient (Wildman–Crippen LogP) is 2.05. The molecule has 3 atom stereocenters. The zero-order valence-electron chi connectivity index (χ0n) is 10.6. The van der Waals surface area contributed by atoms with Gasteiger partial charge in [-0.25, -0.2) is 0 Å². The first-order chi connectivity index (χ1) is 7.21. The summed E-state index contributed by atoms with van der Waals surface area (Å²) in [4.78, 5) is 11.3. The summed E-state index contributed by atoms with van der Waals surface area (Å²) in [6, 6.07) is 0. The molecule has 2 fully saturated rings. The van der Waals surface area contributed by atoms with Gasteiger partial charge in [0, 0.05) is 0 Å². The van der Waals surface area contributed by atoms with Crippen molar-refractivity contribution < 1.29 is 18.7 Å². The minimum Gasteiger partial charge on any atom is -0.433 e. The van der Waals surface area contributed by atoms with Gasteiger partial charge in [0.2, 0.25) is 6.29 Å². The molecule has 0 aliphatic carbocycles. The van der Waals surface area contributed by atoms with E-state index >= 15 is 0 Å². The average Bonchev–Trinajstić information content (AvgIpc) is 2.79. The molecular formula is C11H20O4Si. The van der Waals surface area contributed by atoms with Gasteiger partial charge >= 0.3 is 5.97 Å². The number of carbonyl (C=O) groups is 1. The van der Waals surface area contributed by atoms with Gasteiger partial charge in [-0.3, -0.25) is 4.79 Å². The highest BCUT2D eigenvalue weighted by Crippen LogP contribution is 2.42. The maximum absolute atomic E-state index is 11.3. The Kier molecular flexibility index (Phi) is 2.68. The van der Waals surface area contributed by atoms with Gasteiger partial charge in [0.05, 0.1) is 12.5 Å². The number of fused-ring (bicyclic) bond motifs is 1. The fourth-order valence-electron chi connectivity index (χ4n) is 1.59. The number of epoxide rings is 1. The van der Waals surface area contributed by atoms with E-state index < -0.39 is 8.32 Å². The van der Waals surface area contributed by atoms with Gasteiger partial charge < -0.3 is 13.9 Å². The first-order valence-electron chi connectivity index (χ1n) is 5.73. The Bertz CT molecular complexity index is 308. The molecule has 4 nitrogen and oxygen atoms in total. The molecule has 16 heavy (non-hydrogen) atoms. The summed E-state index contributed by atoms with van der Waals surface area (Å²) in [5.74, 6) is -0.206. The molecule has 0 aromatic carbocycles. The SMILES string of the molecule is CC(C)(C)[Si](C)(C)O[C@@H]1CC(=O)O[C@@H]2O[C@@H]21. The summed E-state index contributed by atoms with van der Waals surface area (Å²) in [5.41, 5.74) is 0. The summed E-state index contributed by atoms with van der Waals surface area (Å²) in [7, 11) is -1.82. The third-order valence-electron chi connectivity index (χ3n) is 3.72. The Morgan fingerprint density at radius 2 is 2.00 bits per heavy atom. The largest absolute Gasteiger partial charge is 0.433 e. The Balaban J connectivity index is 2.02. The lowest BCUT2D eigenvalue weighted by molar-refractivity contribution is -0.152. The summed E-state index contributed by atoms with van der Waals surface area (Å²) >= 11 is 0. The highest BCUT2D eigenvalue weighted by molar-refractivity contribution is 6.74. The summed E-state index contributed by atoms with van der Waals surface area (Å²) in [6.45, 7) is 10.9. The van der Waals surface area contributed by atoms with Gasteiger partial charge in [-0.2, -0.15) is 0 Å². The maximum atomic E-state index is 11.3. The van der Waals surface area contributed by atoms with E-state index in [1.54, 1.807) is 0 Å². The van der Waals surface area contributed by atoms with E-state index in [0.29, 0.717) is 6.42 Å². The van der Waals surface area contributed by atoms with E-state index in [-0.39, 0.29) is 29.5 Å². The molecule has 2 heterocycles. The van der Waals surface area contributed by atoms with Crippen molar-refractivity contribution in [1.29, 1.82) is 0 Å². The molecule has 0 saturated carbocycles. The van der Waals surface area contributed by atoms with Crippen LogP contribution in [-0.2, 0) is 18.7 Å². The highest BCUT2D eigenvalue weighted by Gasteiger charge is 2.55. The molecule has 2 saturated heterocycles. The third kappa shape index (κ3) is 2.16. The van der Waals surface area contributed by atoms with E-state index in [2.05, 4.69) is 33.9 Å². The lowest BCUT2D eigenvalue weighted by Gasteiger charge is -2.39. The number of hydrogen-bond acceptors (Lipinski definition) is 4. The Labute approximate surface area is 97.4 Å². The molecule has 5 heteroatoms. The zero-order chi connectivity index (χ0) is 12.1. The zero-order valence-corrected chi connectivity index (χ0v) is 11.6. The van der Waals surface area contributed by atoms with Crippen LogP contribution < -0.4 is 0 Å². The molecule has 0 N–H and O–H groups in total. The fourth-order valence-corrected chi connectivity index (χ4v) is 2.92. The number of carbonyl (C=O) groups excluding carboxylic acids is 1. The third-order valence-corrected chi connectivity index (χ3v) is 8.22. The number of rotatable bonds is 2. The lowest BCUT2D eigenvalue weighted by atomic mass is 10.1. The van der Waals surface area contributed by atoms with Gasteiger partial charge in [-0.05, 0) is 18.1 Å². The Hall–Kier alpha value is -0.393. The molecule has 0 radical (unpaired) electrons. The first kappa shape index (κ1) is 12.1. The Morgan fingerprint density at radius 1 is 1.38 bits per heavy atom. The van der Waals surface area contributed by atoms with Gasteiger partial charge in [0.25, 0.3) is 0 Å². The molecule has 92 valence electrons. The van der Waals surface area contributed by atoms with Crippen molar-refractivity contribution >= 4 is 14.3 Å². The van der Waals surface area contributed by atoms with E-state index in [0.717, 1.165) is 0 Å². The summed E-state index contributed by atoms with van der Waals surface area (Å²) < 4.78 is 16.4. The second-order valence-corrected chi connectivity index (χ2v) is 10.8. The summed E-state index contributed by atoms with van der Waals surface area (Å²) in [5, 5.41) is 0.152. The van der Waals surface area contributed by atoms with Crippen molar-refractivity contribution in [3.63, 3.8) is 0 Å². The van der Waals surface area contributed by atoms with Crippen LogP contribution in [0.2, 0.25) is 18.1 Å². The van der Waals surface area contributed by atoms with Crippen LogP contribution in [0.5, 0.6) is 0 Å². The number of hydrogen-bond donors (Lipinski definition) is 0. The van der Waals surface area contributed by atoms with E-state index in [1.165, 1.54) is 0 Å². The van der Waals surface area contributed by atoms with Crippen LogP contribution in [0.1, 0.15) is 27.2 Å². The van der Waals surface area contributed by atoms with Crippen molar-refractivity contribution in [1.82, 2.24) is 0 Å². The standard InChI is InChI=1S/C11H20O4Si/c1-11(2,3)16(4,5)15-7-6-8(12)13-10-9(7)14-10/h7,9-10H,6H2,1-5H3/t7-,9-,10-/m1/s1. The normalized spacial score (nSPS) is 34.3. The Morgan fingerprint density at radius 3 is 2.56 bits per heavy atom. The number of esters is 1. The molecule has 0 amide bonds. The van der Waals surface area contributed by atoms with Crippen molar-refractivity contribution in [2.45, 2.75) is 63.8 Å². The van der Waals surface area contributed by atoms with Crippen molar-refractivity contribution in [3.05, 3.63) is 0 Å². The second kappa shape index (κ2) is 3.55. The smallest absolute Gasteiger partial charge is 0.310 e. The van der Waals surface area contributed by atoms with E-state index in [1.807, 2.05) is 0 Å². The molecule has 0 aromatic rings. The minimum absolute atomic E-state index is 0.0215. The number of ether oxygens (including phenoxy) is 2. The van der Waals surface area contributed by atoms with Gasteiger partial charge in [0.1, 0.15) is 6.10 Å². The quantitative estimate of drug-likeness (QED) is 0.424. The minimum atomic E-state index is -1.82. The van der Waals surface area contributed by atoms with Crippen molar-refractivity contribution in [2.24, 2.45) is 0 Å².